The average Bonchev–Trinajstić information content (AvgIpc) is 3.12. The number of hydrogen-bond donors (Lipinski definition) is 3. The summed E-state index contributed by atoms with van der Waals surface area (Å²) in [6, 6.07) is 8.04. The predicted molar refractivity (Wildman–Crippen MR) is 129 cm³/mol. The third kappa shape index (κ3) is 9.47. The van der Waals surface area contributed by atoms with Crippen LogP contribution >= 0.6 is 24.0 Å². The molecule has 1 aromatic carbocycles. The zero-order chi connectivity index (χ0) is 21.3. The second-order valence-electron chi connectivity index (χ2n) is 7.64. The third-order valence-corrected chi connectivity index (χ3v) is 3.83. The summed E-state index contributed by atoms with van der Waals surface area (Å²) >= 11 is 0. The quantitative estimate of drug-likeness (QED) is 0.218. The van der Waals surface area contributed by atoms with E-state index in [9.17, 15) is 4.79 Å². The van der Waals surface area contributed by atoms with E-state index in [1.54, 1.807) is 13.3 Å². The lowest BCUT2D eigenvalue weighted by atomic mass is 10.1. The second-order valence-corrected chi connectivity index (χ2v) is 7.64. The highest BCUT2D eigenvalue weighted by Crippen LogP contribution is 2.18. The number of nitrogens with one attached hydrogen (secondary N) is 3. The van der Waals surface area contributed by atoms with Crippen LogP contribution in [-0.4, -0.2) is 42.8 Å². The van der Waals surface area contributed by atoms with Crippen molar-refractivity contribution in [2.45, 2.75) is 46.3 Å². The molecule has 0 aliphatic heterocycles. The first kappa shape index (κ1) is 25.7. The fraction of sp³-hybridized carbons (Fsp3) is 0.476. The maximum atomic E-state index is 11.6. The van der Waals surface area contributed by atoms with Gasteiger partial charge in [0.2, 0.25) is 5.89 Å². The van der Waals surface area contributed by atoms with Crippen molar-refractivity contribution in [1.82, 2.24) is 20.9 Å². The van der Waals surface area contributed by atoms with Crippen LogP contribution in [0.25, 0.3) is 11.5 Å². The summed E-state index contributed by atoms with van der Waals surface area (Å²) < 4.78 is 10.8. The lowest BCUT2D eigenvalue weighted by molar-refractivity contribution is 0.0527. The number of carbonyl (C=O) groups excluding carboxylic acids is 1. The Morgan fingerprint density at radius 1 is 1.13 bits per heavy atom. The van der Waals surface area contributed by atoms with Crippen molar-refractivity contribution < 1.29 is 13.9 Å². The van der Waals surface area contributed by atoms with Gasteiger partial charge >= 0.3 is 6.09 Å². The summed E-state index contributed by atoms with van der Waals surface area (Å²) in [5, 5.41) is 9.12. The molecule has 3 N–H and O–H groups in total. The molecule has 0 unspecified atom stereocenters. The van der Waals surface area contributed by atoms with E-state index in [1.165, 1.54) is 5.56 Å². The third-order valence-electron chi connectivity index (χ3n) is 3.83. The molecule has 0 spiro atoms. The maximum Gasteiger partial charge on any atom is 0.407 e. The Morgan fingerprint density at radius 2 is 1.80 bits per heavy atom. The van der Waals surface area contributed by atoms with Gasteiger partial charge in [-0.1, -0.05) is 17.7 Å². The number of benzene rings is 1. The number of hydrogen-bond acceptors (Lipinski definition) is 5. The standard InChI is InChI=1S/C21H31N5O3.HI/c1-15-7-9-16(10-8-15)18-26-17(14-28-18)13-25-19(22-5)23-11-6-12-24-20(27)29-21(2,3)4;/h7-10,14H,6,11-13H2,1-5H3,(H,24,27)(H2,22,23,25);1H. The van der Waals surface area contributed by atoms with Gasteiger partial charge in [-0.3, -0.25) is 4.99 Å². The first-order chi connectivity index (χ1) is 13.8. The van der Waals surface area contributed by atoms with Gasteiger partial charge in [0.15, 0.2) is 5.96 Å². The van der Waals surface area contributed by atoms with Crippen LogP contribution in [-0.2, 0) is 11.3 Å². The van der Waals surface area contributed by atoms with Crippen molar-refractivity contribution in [3.8, 4) is 11.5 Å². The average molecular weight is 529 g/mol. The van der Waals surface area contributed by atoms with Crippen LogP contribution in [0.5, 0.6) is 0 Å². The molecule has 9 heteroatoms. The molecule has 0 saturated carbocycles. The smallest absolute Gasteiger partial charge is 0.407 e. The number of aryl methyl sites for hydroxylation is 1. The van der Waals surface area contributed by atoms with Gasteiger partial charge in [0.1, 0.15) is 11.9 Å². The highest BCUT2D eigenvalue weighted by atomic mass is 127. The van der Waals surface area contributed by atoms with E-state index in [4.69, 9.17) is 9.15 Å². The normalized spacial score (nSPS) is 11.4. The van der Waals surface area contributed by atoms with Crippen molar-refractivity contribution in [3.63, 3.8) is 0 Å². The van der Waals surface area contributed by atoms with E-state index in [2.05, 4.69) is 25.9 Å². The number of guanidine groups is 1. The molecule has 0 radical (unpaired) electrons. The minimum atomic E-state index is -0.491. The van der Waals surface area contributed by atoms with E-state index in [1.807, 2.05) is 52.0 Å². The zero-order valence-electron chi connectivity index (χ0n) is 18.2. The second kappa shape index (κ2) is 12.4. The van der Waals surface area contributed by atoms with E-state index in [0.29, 0.717) is 31.5 Å². The van der Waals surface area contributed by atoms with Crippen LogP contribution in [0.2, 0.25) is 0 Å². The molecule has 0 bridgehead atoms. The number of halogens is 1. The molecule has 30 heavy (non-hydrogen) atoms. The fourth-order valence-corrected chi connectivity index (χ4v) is 2.41. The van der Waals surface area contributed by atoms with Gasteiger partial charge in [0.05, 0.1) is 12.2 Å². The highest BCUT2D eigenvalue weighted by molar-refractivity contribution is 14.0. The van der Waals surface area contributed by atoms with Gasteiger partial charge < -0.3 is 25.1 Å². The number of oxazole rings is 1. The van der Waals surface area contributed by atoms with Gasteiger partial charge in [-0.15, -0.1) is 24.0 Å². The number of alkyl carbamates (subject to hydrolysis) is 1. The summed E-state index contributed by atoms with van der Waals surface area (Å²) in [5.74, 6) is 1.25. The first-order valence-corrected chi connectivity index (χ1v) is 9.69. The summed E-state index contributed by atoms with van der Waals surface area (Å²) in [6.45, 7) is 9.21. The summed E-state index contributed by atoms with van der Waals surface area (Å²) in [6.07, 6.45) is 1.97. The summed E-state index contributed by atoms with van der Waals surface area (Å²) in [7, 11) is 1.70. The summed E-state index contributed by atoms with van der Waals surface area (Å²) in [4.78, 5) is 20.3. The van der Waals surface area contributed by atoms with Gasteiger partial charge in [0.25, 0.3) is 0 Å². The van der Waals surface area contributed by atoms with Crippen molar-refractivity contribution in [2.75, 3.05) is 20.1 Å². The van der Waals surface area contributed by atoms with Crippen molar-refractivity contribution in [3.05, 3.63) is 41.8 Å². The molecule has 0 aliphatic carbocycles. The molecule has 1 aromatic heterocycles. The number of nitrogens with zero attached hydrogens (tertiary/aromatic N) is 2. The molecule has 2 aromatic rings. The molecule has 166 valence electrons. The van der Waals surface area contributed by atoms with Crippen LogP contribution in [0.3, 0.4) is 0 Å². The Balaban J connectivity index is 0.00000450. The molecule has 0 aliphatic rings. The Morgan fingerprint density at radius 3 is 2.43 bits per heavy atom. The highest BCUT2D eigenvalue weighted by Gasteiger charge is 2.15. The molecule has 0 fully saturated rings. The number of aliphatic imine (C=N–C) groups is 1. The maximum absolute atomic E-state index is 11.6. The lowest BCUT2D eigenvalue weighted by Gasteiger charge is -2.19. The monoisotopic (exact) mass is 529 g/mol. The molecular weight excluding hydrogens is 497 g/mol. The minimum absolute atomic E-state index is 0. The molecule has 1 heterocycles. The zero-order valence-corrected chi connectivity index (χ0v) is 20.6. The Labute approximate surface area is 195 Å². The van der Waals surface area contributed by atoms with Crippen LogP contribution in [0.15, 0.2) is 39.9 Å². The Bertz CT molecular complexity index is 813. The number of carbonyl (C=O) groups is 1. The fourth-order valence-electron chi connectivity index (χ4n) is 2.41. The molecule has 0 saturated heterocycles. The van der Waals surface area contributed by atoms with Crippen molar-refractivity contribution >= 4 is 36.0 Å². The van der Waals surface area contributed by atoms with Gasteiger partial charge in [-0.25, -0.2) is 9.78 Å². The van der Waals surface area contributed by atoms with Crippen LogP contribution < -0.4 is 16.0 Å². The number of aromatic nitrogens is 1. The molecule has 2 rings (SSSR count). The van der Waals surface area contributed by atoms with Crippen LogP contribution in [0, 0.1) is 6.92 Å². The van der Waals surface area contributed by atoms with Gasteiger partial charge in [-0.2, -0.15) is 0 Å². The van der Waals surface area contributed by atoms with Gasteiger partial charge in [0, 0.05) is 25.7 Å². The van der Waals surface area contributed by atoms with E-state index < -0.39 is 11.7 Å². The number of rotatable bonds is 7. The van der Waals surface area contributed by atoms with Crippen molar-refractivity contribution in [2.24, 2.45) is 4.99 Å². The topological polar surface area (TPSA) is 101 Å². The molecular formula is C21H32IN5O3. The largest absolute Gasteiger partial charge is 0.444 e. The van der Waals surface area contributed by atoms with Crippen LogP contribution in [0.1, 0.15) is 38.4 Å². The van der Waals surface area contributed by atoms with E-state index >= 15 is 0 Å². The van der Waals surface area contributed by atoms with Crippen molar-refractivity contribution in [1.29, 1.82) is 0 Å². The first-order valence-electron chi connectivity index (χ1n) is 9.69. The lowest BCUT2D eigenvalue weighted by Crippen LogP contribution is -2.39. The van der Waals surface area contributed by atoms with Crippen LogP contribution in [0.4, 0.5) is 4.79 Å². The summed E-state index contributed by atoms with van der Waals surface area (Å²) in [5.41, 5.74) is 2.43. The van der Waals surface area contributed by atoms with Gasteiger partial charge in [-0.05, 0) is 46.2 Å². The minimum Gasteiger partial charge on any atom is -0.444 e. The number of amides is 1. The number of ether oxygens (including phenoxy) is 1. The molecule has 0 atom stereocenters. The van der Waals surface area contributed by atoms with E-state index in [0.717, 1.165) is 17.7 Å². The Hall–Kier alpha value is -2.30. The molecule has 1 amide bonds. The van der Waals surface area contributed by atoms with E-state index in [-0.39, 0.29) is 24.0 Å². The SMILES string of the molecule is CN=C(NCCCNC(=O)OC(C)(C)C)NCc1coc(-c2ccc(C)cc2)n1.I. The predicted octanol–water partition coefficient (Wildman–Crippen LogP) is 3.85. The molecule has 8 nitrogen and oxygen atoms in total. The Kier molecular flexibility index (Phi) is 10.6.